The van der Waals surface area contributed by atoms with Crippen LogP contribution in [0.25, 0.3) is 0 Å². The van der Waals surface area contributed by atoms with Crippen LogP contribution in [0, 0.1) is 50.7 Å². The maximum atomic E-state index is 15.4. The summed E-state index contributed by atoms with van der Waals surface area (Å²) in [7, 11) is 0. The lowest BCUT2D eigenvalue weighted by Crippen LogP contribution is -2.67. The molecule has 25 heteroatoms. The minimum atomic E-state index is -1.86. The maximum absolute atomic E-state index is 15.4. The molecule has 4 saturated carbocycles. The number of hydrogen-bond acceptors (Lipinski definition) is 25. The second-order valence-corrected chi connectivity index (χ2v) is 27.6. The number of hydrogen-bond donors (Lipinski definition) is 14. The van der Waals surface area contributed by atoms with E-state index in [2.05, 4.69) is 47.6 Å². The van der Waals surface area contributed by atoms with Crippen molar-refractivity contribution in [1.82, 2.24) is 0 Å². The molecular weight excluding hydrogens is 1110 g/mol. The Morgan fingerprint density at radius 3 is 1.80 bits per heavy atom. The Balaban J connectivity index is 0.910. The molecule has 14 N–H and O–H groups in total. The van der Waals surface area contributed by atoms with Gasteiger partial charge in [0.1, 0.15) is 97.7 Å². The summed E-state index contributed by atoms with van der Waals surface area (Å²) < 4.78 is 61.4. The molecule has 84 heavy (non-hydrogen) atoms. The van der Waals surface area contributed by atoms with Crippen LogP contribution in [-0.4, -0.2) is 251 Å². The highest BCUT2D eigenvalue weighted by Gasteiger charge is 2.71. The standard InChI is InChI=1S/C59H94O25/c1-23-12-17-59(54(74)84-52-47(42(70)39(67)30(21-61)79-52)82-50-44(72)40(68)35(63)25(3)76-50)19-18-57(8)27(34(59)24(23)2)10-11-32-56(7)15-14-33(55(5,6)31(56)13-16-58(32,57)9)80-53-48(83-49-43(71)37(65)28(62)22-75-49)46(36(64)26(4)77-53)81-51-45(73)41(69)38(66)29(20-60)78-51/h10,23,25-26,28-53,60-73H,2,11-22H2,1,3-9H3/t23-,25+,26+,28+,29-,30-,31+,32-,33+,34+,35+,36+,37+,38-,39-,40-,41+,42+,43-,44-,45-,46-,47-,48-,49+,50+,51+,52+,53+,56+,57-,58-,59+/m1/s1. The Hall–Kier alpha value is -1.97. The predicted molar refractivity (Wildman–Crippen MR) is 287 cm³/mol. The molecular formula is C59H94O25. The summed E-state index contributed by atoms with van der Waals surface area (Å²) in [6.07, 6.45) is -30.3. The second-order valence-electron chi connectivity index (χ2n) is 27.6. The van der Waals surface area contributed by atoms with E-state index < -0.39 is 201 Å². The summed E-state index contributed by atoms with van der Waals surface area (Å²) in [5.74, 6) is -0.849. The quantitative estimate of drug-likeness (QED) is 0.0586. The van der Waals surface area contributed by atoms with Crippen molar-refractivity contribution in [1.29, 1.82) is 0 Å². The van der Waals surface area contributed by atoms with E-state index in [-0.39, 0.29) is 28.6 Å². The molecule has 10 aliphatic rings. The smallest absolute Gasteiger partial charge is 0.315 e. The van der Waals surface area contributed by atoms with Crippen molar-refractivity contribution in [3.8, 4) is 0 Å². The molecule has 0 spiro atoms. The SMILES string of the molecule is C=C1[C@H]2C3=CC[C@@H]4[C@@]5(C)CC[C@H](O[C@@H]6O[C@@H](C)[C@H](O)[C@@H](O[C@@H]7O[C@H](CO)[C@@H](O)[C@H](O)[C@H]7O)[C@H]6O[C@@H]6OC[C@H](O)[C@H](O)[C@H]6O)C(C)(C)[C@@H]5CC[C@@]4(C)[C@]3(C)CC[C@@]2(C(=O)O[C@@H]2O[C@H](CO)[C@@H](O)[C@H](O)[C@H]2O[C@@H]2O[C@@H](C)[C@H](O)[C@@H](O)[C@H]2O)CC[C@H]1C. The summed E-state index contributed by atoms with van der Waals surface area (Å²) in [6.45, 7) is 19.3. The van der Waals surface area contributed by atoms with Crippen molar-refractivity contribution in [2.75, 3.05) is 19.8 Å². The number of ether oxygens (including phenoxy) is 10. The first kappa shape index (κ1) is 65.0. The normalized spacial score (nSPS) is 54.9. The van der Waals surface area contributed by atoms with Gasteiger partial charge in [0.25, 0.3) is 0 Å². The van der Waals surface area contributed by atoms with Crippen LogP contribution >= 0.6 is 0 Å². The number of fused-ring (bicyclic) bond motifs is 7. The van der Waals surface area contributed by atoms with Gasteiger partial charge in [0.2, 0.25) is 6.29 Å². The number of carbonyl (C=O) groups excluding carboxylic acids is 1. The van der Waals surface area contributed by atoms with Gasteiger partial charge in [-0.25, -0.2) is 0 Å². The van der Waals surface area contributed by atoms with E-state index >= 15 is 4.79 Å². The van der Waals surface area contributed by atoms with Gasteiger partial charge in [0.05, 0.1) is 43.5 Å². The first-order valence-corrected chi connectivity index (χ1v) is 30.3. The molecule has 5 aliphatic carbocycles. The van der Waals surface area contributed by atoms with E-state index in [1.54, 1.807) is 6.92 Å². The first-order chi connectivity index (χ1) is 39.4. The highest BCUT2D eigenvalue weighted by Crippen LogP contribution is 2.76. The molecule has 0 aromatic heterocycles. The van der Waals surface area contributed by atoms with Crippen LogP contribution in [0.2, 0.25) is 0 Å². The molecule has 33 atom stereocenters. The van der Waals surface area contributed by atoms with Gasteiger partial charge in [0, 0.05) is 5.92 Å². The number of aliphatic hydroxyl groups excluding tert-OH is 14. The van der Waals surface area contributed by atoms with Gasteiger partial charge in [-0.3, -0.25) is 4.79 Å². The van der Waals surface area contributed by atoms with Crippen LogP contribution in [0.4, 0.5) is 0 Å². The summed E-state index contributed by atoms with van der Waals surface area (Å²) in [5, 5.41) is 151. The lowest BCUT2D eigenvalue weighted by molar-refractivity contribution is -0.392. The molecule has 0 aromatic carbocycles. The van der Waals surface area contributed by atoms with E-state index in [1.165, 1.54) is 6.92 Å². The third kappa shape index (κ3) is 10.5. The second kappa shape index (κ2) is 24.0. The van der Waals surface area contributed by atoms with Gasteiger partial charge in [-0.2, -0.15) is 0 Å². The lowest BCUT2D eigenvalue weighted by Gasteiger charge is -2.71. The van der Waals surface area contributed by atoms with E-state index in [9.17, 15) is 71.5 Å². The number of rotatable bonds is 12. The van der Waals surface area contributed by atoms with Crippen molar-refractivity contribution in [3.05, 3.63) is 23.8 Å². The highest BCUT2D eigenvalue weighted by molar-refractivity contribution is 5.80. The Kier molecular flexibility index (Phi) is 18.6. The first-order valence-electron chi connectivity index (χ1n) is 30.3. The fourth-order valence-electron chi connectivity index (χ4n) is 17.4. The molecule has 5 aliphatic heterocycles. The van der Waals surface area contributed by atoms with Crippen LogP contribution in [0.15, 0.2) is 23.8 Å². The summed E-state index contributed by atoms with van der Waals surface area (Å²) in [4.78, 5) is 15.4. The Morgan fingerprint density at radius 1 is 0.560 bits per heavy atom. The zero-order chi connectivity index (χ0) is 61.2. The monoisotopic (exact) mass is 1200 g/mol. The molecule has 0 unspecified atom stereocenters. The van der Waals surface area contributed by atoms with Crippen molar-refractivity contribution >= 4 is 5.97 Å². The third-order valence-corrected chi connectivity index (χ3v) is 22.9. The Bertz CT molecular complexity index is 2380. The molecule has 0 aromatic rings. The molecule has 10 rings (SSSR count). The van der Waals surface area contributed by atoms with Gasteiger partial charge in [-0.05, 0) is 111 Å². The van der Waals surface area contributed by atoms with Crippen molar-refractivity contribution in [2.24, 2.45) is 50.7 Å². The number of allylic oxidation sites excluding steroid dienone is 3. The molecule has 5 heterocycles. The van der Waals surface area contributed by atoms with Crippen molar-refractivity contribution in [3.63, 3.8) is 0 Å². The Labute approximate surface area is 489 Å². The van der Waals surface area contributed by atoms with E-state index in [1.807, 2.05) is 0 Å². The number of aliphatic hydroxyl groups is 14. The summed E-state index contributed by atoms with van der Waals surface area (Å²) >= 11 is 0. The molecule has 0 radical (unpaired) electrons. The van der Waals surface area contributed by atoms with Crippen LogP contribution in [0.5, 0.6) is 0 Å². The zero-order valence-corrected chi connectivity index (χ0v) is 49.3. The lowest BCUT2D eigenvalue weighted by atomic mass is 9.33. The molecule has 0 bridgehead atoms. The van der Waals surface area contributed by atoms with Gasteiger partial charge < -0.3 is 119 Å². The largest absolute Gasteiger partial charge is 0.432 e. The van der Waals surface area contributed by atoms with Gasteiger partial charge in [0.15, 0.2) is 31.3 Å². The average Bonchev–Trinajstić information content (AvgIpc) is 0.880. The topological polar surface area (TPSA) is 393 Å². The molecule has 5 saturated heterocycles. The van der Waals surface area contributed by atoms with Gasteiger partial charge in [-0.1, -0.05) is 65.3 Å². The van der Waals surface area contributed by atoms with E-state index in [0.29, 0.717) is 44.9 Å². The molecule has 480 valence electrons. The van der Waals surface area contributed by atoms with Crippen molar-refractivity contribution in [2.45, 2.75) is 267 Å². The molecule has 25 nitrogen and oxygen atoms in total. The fourth-order valence-corrected chi connectivity index (χ4v) is 17.4. The summed E-state index contributed by atoms with van der Waals surface area (Å²) in [5.41, 5.74) is -0.713. The number of carbonyl (C=O) groups is 1. The van der Waals surface area contributed by atoms with Crippen molar-refractivity contribution < 1.29 is 124 Å². The summed E-state index contributed by atoms with van der Waals surface area (Å²) in [6, 6.07) is 0. The average molecular weight is 1200 g/mol. The van der Waals surface area contributed by atoms with Crippen LogP contribution in [0.1, 0.15) is 113 Å². The number of esters is 1. The van der Waals surface area contributed by atoms with E-state index in [4.69, 9.17) is 53.9 Å². The third-order valence-electron chi connectivity index (χ3n) is 22.9. The van der Waals surface area contributed by atoms with Gasteiger partial charge in [-0.15, -0.1) is 0 Å². The Morgan fingerprint density at radius 2 is 1.13 bits per heavy atom. The molecule has 0 amide bonds. The minimum Gasteiger partial charge on any atom is -0.432 e. The van der Waals surface area contributed by atoms with Crippen LogP contribution in [-0.2, 0) is 52.2 Å². The van der Waals surface area contributed by atoms with E-state index in [0.717, 1.165) is 24.0 Å². The predicted octanol–water partition coefficient (Wildman–Crippen LogP) is -1.74. The van der Waals surface area contributed by atoms with Gasteiger partial charge >= 0.3 is 5.97 Å². The fraction of sp³-hybridized carbons (Fsp3) is 0.915. The minimum absolute atomic E-state index is 0.0409. The highest BCUT2D eigenvalue weighted by atomic mass is 16.8. The molecule has 9 fully saturated rings. The van der Waals surface area contributed by atoms with Crippen LogP contribution < -0.4 is 0 Å². The van der Waals surface area contributed by atoms with Crippen LogP contribution in [0.3, 0.4) is 0 Å². The maximum Gasteiger partial charge on any atom is 0.315 e. The zero-order valence-electron chi connectivity index (χ0n) is 49.3.